The number of hydrogen-bond donors (Lipinski definition) is 0. The standard InChI is InChI=1S/C73H130O6/c1-4-7-10-13-16-19-22-25-27-28-29-30-31-32-33-34-35-36-37-38-39-40-41-42-43-44-46-48-51-54-57-60-63-66-72(75)78-69-70(68-77-71(74)65-62-59-56-53-50-47-24-21-18-15-12-9-6-3)79-73(76)67-64-61-58-55-52-49-45-26-23-20-17-14-11-8-5-2/h9,12,18,21-22,25,28-29,47,50,56,59,70H,4-8,10-11,13-17,19-20,23-24,26-27,30-46,48-49,51-55,57-58,60-69H2,1-3H3/b12-9-,21-18-,25-22-,29-28-,50-47-,59-56-. The lowest BCUT2D eigenvalue weighted by molar-refractivity contribution is -0.166. The second kappa shape index (κ2) is 67.4. The molecule has 0 aromatic heterocycles. The molecule has 0 rings (SSSR count). The number of ether oxygens (including phenoxy) is 3. The smallest absolute Gasteiger partial charge is 0.306 e. The molecule has 0 radical (unpaired) electrons. The van der Waals surface area contributed by atoms with Gasteiger partial charge in [-0.15, -0.1) is 0 Å². The van der Waals surface area contributed by atoms with E-state index in [-0.39, 0.29) is 37.5 Å². The molecule has 0 aliphatic carbocycles. The van der Waals surface area contributed by atoms with E-state index in [4.69, 9.17) is 14.2 Å². The predicted octanol–water partition coefficient (Wildman–Crippen LogP) is 23.7. The van der Waals surface area contributed by atoms with Crippen LogP contribution in [0.15, 0.2) is 72.9 Å². The first kappa shape index (κ1) is 75.8. The topological polar surface area (TPSA) is 78.9 Å². The first-order chi connectivity index (χ1) is 39.0. The van der Waals surface area contributed by atoms with Gasteiger partial charge in [0.15, 0.2) is 6.10 Å². The van der Waals surface area contributed by atoms with Gasteiger partial charge in [-0.25, -0.2) is 0 Å². The summed E-state index contributed by atoms with van der Waals surface area (Å²) in [6.45, 7) is 6.50. The molecule has 458 valence electrons. The summed E-state index contributed by atoms with van der Waals surface area (Å²) in [6.07, 6.45) is 88.2. The molecule has 6 nitrogen and oxygen atoms in total. The van der Waals surface area contributed by atoms with E-state index in [1.807, 2.05) is 6.08 Å². The number of rotatable bonds is 63. The van der Waals surface area contributed by atoms with Crippen molar-refractivity contribution in [2.24, 2.45) is 0 Å². The number of allylic oxidation sites excluding steroid dienone is 12. The maximum atomic E-state index is 12.9. The van der Waals surface area contributed by atoms with Crippen molar-refractivity contribution in [1.82, 2.24) is 0 Å². The van der Waals surface area contributed by atoms with E-state index in [2.05, 4.69) is 87.6 Å². The van der Waals surface area contributed by atoms with Gasteiger partial charge in [0.25, 0.3) is 0 Å². The van der Waals surface area contributed by atoms with Crippen molar-refractivity contribution in [1.29, 1.82) is 0 Å². The summed E-state index contributed by atoms with van der Waals surface area (Å²) in [4.78, 5) is 38.2. The largest absolute Gasteiger partial charge is 0.462 e. The molecule has 1 unspecified atom stereocenters. The van der Waals surface area contributed by atoms with E-state index < -0.39 is 6.10 Å². The van der Waals surface area contributed by atoms with Gasteiger partial charge < -0.3 is 14.2 Å². The van der Waals surface area contributed by atoms with Gasteiger partial charge in [0.1, 0.15) is 13.2 Å². The molecule has 0 heterocycles. The third-order valence-electron chi connectivity index (χ3n) is 15.2. The van der Waals surface area contributed by atoms with Crippen molar-refractivity contribution in [3.8, 4) is 0 Å². The highest BCUT2D eigenvalue weighted by Crippen LogP contribution is 2.18. The summed E-state index contributed by atoms with van der Waals surface area (Å²) >= 11 is 0. The van der Waals surface area contributed by atoms with Crippen LogP contribution in [0.4, 0.5) is 0 Å². The monoisotopic (exact) mass is 1100 g/mol. The van der Waals surface area contributed by atoms with Crippen LogP contribution in [-0.4, -0.2) is 37.2 Å². The van der Waals surface area contributed by atoms with Gasteiger partial charge in [0.2, 0.25) is 0 Å². The minimum absolute atomic E-state index is 0.0925. The molecule has 0 aliphatic heterocycles. The van der Waals surface area contributed by atoms with Crippen LogP contribution in [0.25, 0.3) is 0 Å². The Bertz CT molecular complexity index is 1450. The van der Waals surface area contributed by atoms with E-state index in [1.54, 1.807) is 0 Å². The van der Waals surface area contributed by atoms with Gasteiger partial charge in [-0.3, -0.25) is 14.4 Å². The summed E-state index contributed by atoms with van der Waals surface area (Å²) in [5, 5.41) is 0. The fourth-order valence-corrected chi connectivity index (χ4v) is 10.1. The average Bonchev–Trinajstić information content (AvgIpc) is 3.45. The molecule has 0 saturated heterocycles. The second-order valence-electron chi connectivity index (χ2n) is 23.1. The fraction of sp³-hybridized carbons (Fsp3) is 0.795. The minimum atomic E-state index is -0.801. The van der Waals surface area contributed by atoms with Crippen molar-refractivity contribution in [2.75, 3.05) is 13.2 Å². The number of esters is 3. The fourth-order valence-electron chi connectivity index (χ4n) is 10.1. The van der Waals surface area contributed by atoms with Crippen LogP contribution in [0, 0.1) is 0 Å². The van der Waals surface area contributed by atoms with Crippen molar-refractivity contribution in [3.63, 3.8) is 0 Å². The Morgan fingerprint density at radius 3 is 0.848 bits per heavy atom. The second-order valence-corrected chi connectivity index (χ2v) is 23.1. The molecule has 0 N–H and O–H groups in total. The van der Waals surface area contributed by atoms with Crippen LogP contribution in [0.1, 0.15) is 355 Å². The molecule has 0 aliphatic rings. The Morgan fingerprint density at radius 1 is 0.266 bits per heavy atom. The minimum Gasteiger partial charge on any atom is -0.462 e. The summed E-state index contributed by atoms with van der Waals surface area (Å²) < 4.78 is 16.9. The lowest BCUT2D eigenvalue weighted by Crippen LogP contribution is -2.30. The van der Waals surface area contributed by atoms with E-state index in [0.717, 1.165) is 70.6 Å². The number of carbonyl (C=O) groups is 3. The van der Waals surface area contributed by atoms with Gasteiger partial charge in [0.05, 0.1) is 0 Å². The first-order valence-electron chi connectivity index (χ1n) is 34.4. The van der Waals surface area contributed by atoms with E-state index >= 15 is 0 Å². The quantitative estimate of drug-likeness (QED) is 0.0261. The Kier molecular flexibility index (Phi) is 64.7. The normalized spacial score (nSPS) is 12.5. The van der Waals surface area contributed by atoms with Crippen LogP contribution in [-0.2, 0) is 28.6 Å². The molecule has 0 aromatic carbocycles. The van der Waals surface area contributed by atoms with Crippen LogP contribution >= 0.6 is 0 Å². The zero-order chi connectivity index (χ0) is 57.1. The van der Waals surface area contributed by atoms with Crippen LogP contribution in [0.3, 0.4) is 0 Å². The summed E-state index contributed by atoms with van der Waals surface area (Å²) in [7, 11) is 0. The van der Waals surface area contributed by atoms with Crippen molar-refractivity contribution >= 4 is 17.9 Å². The van der Waals surface area contributed by atoms with Gasteiger partial charge >= 0.3 is 17.9 Å². The highest BCUT2D eigenvalue weighted by molar-refractivity contribution is 5.71. The number of hydrogen-bond acceptors (Lipinski definition) is 6. The number of unbranched alkanes of at least 4 members (excludes halogenated alkanes) is 40. The van der Waals surface area contributed by atoms with Crippen LogP contribution < -0.4 is 0 Å². The molecule has 6 heteroatoms. The molecule has 1 atom stereocenters. The molecule has 0 bridgehead atoms. The molecular formula is C73H130O6. The molecular weight excluding hydrogens is 973 g/mol. The molecule has 0 fully saturated rings. The first-order valence-corrected chi connectivity index (χ1v) is 34.4. The Hall–Kier alpha value is -3.15. The third kappa shape index (κ3) is 65.5. The number of carbonyl (C=O) groups excluding carboxylic acids is 3. The summed E-state index contributed by atoms with van der Waals surface area (Å²) in [5.74, 6) is -0.959. The van der Waals surface area contributed by atoms with E-state index in [1.165, 1.54) is 238 Å². The highest BCUT2D eigenvalue weighted by atomic mass is 16.6. The van der Waals surface area contributed by atoms with Gasteiger partial charge in [0, 0.05) is 19.3 Å². The molecule has 0 amide bonds. The van der Waals surface area contributed by atoms with Crippen molar-refractivity contribution in [2.45, 2.75) is 361 Å². The van der Waals surface area contributed by atoms with Gasteiger partial charge in [-0.1, -0.05) is 331 Å². The van der Waals surface area contributed by atoms with Gasteiger partial charge in [-0.05, 0) is 77.0 Å². The van der Waals surface area contributed by atoms with Crippen molar-refractivity contribution in [3.05, 3.63) is 72.9 Å². The summed E-state index contributed by atoms with van der Waals surface area (Å²) in [6, 6.07) is 0. The van der Waals surface area contributed by atoms with Crippen LogP contribution in [0.5, 0.6) is 0 Å². The maximum absolute atomic E-state index is 12.9. The third-order valence-corrected chi connectivity index (χ3v) is 15.2. The average molecular weight is 1100 g/mol. The lowest BCUT2D eigenvalue weighted by atomic mass is 10.0. The Morgan fingerprint density at radius 2 is 0.519 bits per heavy atom. The Labute approximate surface area is 491 Å². The van der Waals surface area contributed by atoms with E-state index in [9.17, 15) is 14.4 Å². The molecule has 0 spiro atoms. The zero-order valence-electron chi connectivity index (χ0n) is 52.6. The van der Waals surface area contributed by atoms with Crippen molar-refractivity contribution < 1.29 is 28.6 Å². The lowest BCUT2D eigenvalue weighted by Gasteiger charge is -2.18. The SMILES string of the molecule is CC/C=C\C/C=C\C/C=C\C/C=C\CCC(=O)OCC(COC(=O)CCCCCCCCCCCCCCCCCCCCCCC/C=C\C/C=C\CCCCCCC)OC(=O)CCCCCCCCCCCCCCCCC. The zero-order valence-corrected chi connectivity index (χ0v) is 52.6. The predicted molar refractivity (Wildman–Crippen MR) is 344 cm³/mol. The molecule has 0 aromatic rings. The highest BCUT2D eigenvalue weighted by Gasteiger charge is 2.19. The van der Waals surface area contributed by atoms with Gasteiger partial charge in [-0.2, -0.15) is 0 Å². The molecule has 79 heavy (non-hydrogen) atoms. The maximum Gasteiger partial charge on any atom is 0.306 e. The summed E-state index contributed by atoms with van der Waals surface area (Å²) in [5.41, 5.74) is 0. The van der Waals surface area contributed by atoms with E-state index in [0.29, 0.717) is 19.3 Å². The Balaban J connectivity index is 4.13. The van der Waals surface area contributed by atoms with Crippen LogP contribution in [0.2, 0.25) is 0 Å². The molecule has 0 saturated carbocycles.